The molecule has 3 nitrogen and oxygen atoms in total. The Kier molecular flexibility index (Phi) is 5.18. The average molecular weight is 274 g/mol. The first-order chi connectivity index (χ1) is 9.61. The van der Waals surface area contributed by atoms with Crippen LogP contribution in [0.2, 0.25) is 0 Å². The highest BCUT2D eigenvalue weighted by atomic mass is 16.2. The molecule has 1 fully saturated rings. The Morgan fingerprint density at radius 1 is 1.40 bits per heavy atom. The molecular formula is C17H26N2O. The molecule has 1 aliphatic rings. The lowest BCUT2D eigenvalue weighted by Gasteiger charge is -2.38. The fourth-order valence-electron chi connectivity index (χ4n) is 3.00. The first kappa shape index (κ1) is 15.0. The van der Waals surface area contributed by atoms with E-state index in [1.165, 1.54) is 5.56 Å². The fourth-order valence-corrected chi connectivity index (χ4v) is 3.00. The third-order valence-electron chi connectivity index (χ3n) is 4.32. The largest absolute Gasteiger partial charge is 0.342 e. The second-order valence-corrected chi connectivity index (χ2v) is 5.86. The van der Waals surface area contributed by atoms with Crippen LogP contribution in [0.3, 0.4) is 0 Å². The number of rotatable bonds is 4. The molecule has 3 atom stereocenters. The predicted molar refractivity (Wildman–Crippen MR) is 82.4 cm³/mol. The van der Waals surface area contributed by atoms with Gasteiger partial charge in [-0.05, 0) is 24.8 Å². The Balaban J connectivity index is 1.90. The van der Waals surface area contributed by atoms with E-state index in [2.05, 4.69) is 43.4 Å². The summed E-state index contributed by atoms with van der Waals surface area (Å²) in [7, 11) is 0. The van der Waals surface area contributed by atoms with Gasteiger partial charge in [-0.25, -0.2) is 0 Å². The molecule has 1 N–H and O–H groups in total. The molecule has 110 valence electrons. The summed E-state index contributed by atoms with van der Waals surface area (Å²) < 4.78 is 0. The Labute approximate surface area is 122 Å². The van der Waals surface area contributed by atoms with E-state index in [1.807, 2.05) is 17.9 Å². The van der Waals surface area contributed by atoms with Crippen molar-refractivity contribution in [3.8, 4) is 0 Å². The second-order valence-electron chi connectivity index (χ2n) is 5.86. The van der Waals surface area contributed by atoms with Crippen LogP contribution in [0.5, 0.6) is 0 Å². The quantitative estimate of drug-likeness (QED) is 0.915. The SMILES string of the molecule is CCC(=O)N1CCC(NC(C)c2ccccc2)C(C)C1. The zero-order valence-corrected chi connectivity index (χ0v) is 12.8. The van der Waals surface area contributed by atoms with Crippen LogP contribution in [0.25, 0.3) is 0 Å². The minimum absolute atomic E-state index is 0.284. The Morgan fingerprint density at radius 3 is 2.70 bits per heavy atom. The zero-order valence-electron chi connectivity index (χ0n) is 12.8. The van der Waals surface area contributed by atoms with Crippen molar-refractivity contribution in [2.75, 3.05) is 13.1 Å². The highest BCUT2D eigenvalue weighted by molar-refractivity contribution is 5.75. The smallest absolute Gasteiger partial charge is 0.222 e. The minimum atomic E-state index is 0.284. The Hall–Kier alpha value is -1.35. The molecule has 1 aromatic rings. The van der Waals surface area contributed by atoms with Gasteiger partial charge in [0, 0.05) is 31.6 Å². The van der Waals surface area contributed by atoms with Crippen LogP contribution in [0.4, 0.5) is 0 Å². The molecule has 20 heavy (non-hydrogen) atoms. The lowest BCUT2D eigenvalue weighted by atomic mass is 9.92. The molecule has 1 amide bonds. The maximum atomic E-state index is 11.8. The molecule has 1 heterocycles. The topological polar surface area (TPSA) is 32.3 Å². The lowest BCUT2D eigenvalue weighted by Crippen LogP contribution is -2.50. The number of piperidine rings is 1. The molecule has 1 aliphatic heterocycles. The summed E-state index contributed by atoms with van der Waals surface area (Å²) >= 11 is 0. The number of likely N-dealkylation sites (tertiary alicyclic amines) is 1. The number of hydrogen-bond donors (Lipinski definition) is 1. The Morgan fingerprint density at radius 2 is 2.10 bits per heavy atom. The van der Waals surface area contributed by atoms with Gasteiger partial charge in [0.2, 0.25) is 5.91 Å². The normalized spacial score (nSPS) is 24.4. The average Bonchev–Trinajstić information content (AvgIpc) is 2.49. The summed E-state index contributed by atoms with van der Waals surface area (Å²) in [6, 6.07) is 11.4. The number of amides is 1. The molecule has 3 unspecified atom stereocenters. The van der Waals surface area contributed by atoms with E-state index in [0.29, 0.717) is 24.4 Å². The van der Waals surface area contributed by atoms with Gasteiger partial charge in [0.05, 0.1) is 0 Å². The molecule has 1 aromatic carbocycles. The molecule has 1 saturated heterocycles. The van der Waals surface area contributed by atoms with E-state index in [4.69, 9.17) is 0 Å². The summed E-state index contributed by atoms with van der Waals surface area (Å²) in [6.45, 7) is 8.16. The first-order valence-corrected chi connectivity index (χ1v) is 7.70. The van der Waals surface area contributed by atoms with Crippen molar-refractivity contribution in [1.29, 1.82) is 0 Å². The van der Waals surface area contributed by atoms with Crippen molar-refractivity contribution in [3.63, 3.8) is 0 Å². The molecule has 0 spiro atoms. The van der Waals surface area contributed by atoms with Gasteiger partial charge in [-0.15, -0.1) is 0 Å². The number of nitrogens with zero attached hydrogens (tertiary/aromatic N) is 1. The highest BCUT2D eigenvalue weighted by Crippen LogP contribution is 2.21. The standard InChI is InChI=1S/C17H26N2O/c1-4-17(20)19-11-10-16(13(2)12-19)18-14(3)15-8-6-5-7-9-15/h5-9,13-14,16,18H,4,10-12H2,1-3H3. The molecular weight excluding hydrogens is 248 g/mol. The van der Waals surface area contributed by atoms with Gasteiger partial charge < -0.3 is 10.2 Å². The maximum absolute atomic E-state index is 11.8. The third-order valence-corrected chi connectivity index (χ3v) is 4.32. The van der Waals surface area contributed by atoms with Crippen molar-refractivity contribution in [2.45, 2.75) is 45.7 Å². The predicted octanol–water partition coefficient (Wildman–Crippen LogP) is 2.98. The third kappa shape index (κ3) is 3.60. The first-order valence-electron chi connectivity index (χ1n) is 7.70. The second kappa shape index (κ2) is 6.89. The molecule has 2 rings (SSSR count). The van der Waals surface area contributed by atoms with Gasteiger partial charge >= 0.3 is 0 Å². The van der Waals surface area contributed by atoms with Crippen LogP contribution >= 0.6 is 0 Å². The Bertz CT molecular complexity index is 432. The van der Waals surface area contributed by atoms with Gasteiger partial charge in [0.25, 0.3) is 0 Å². The number of hydrogen-bond acceptors (Lipinski definition) is 2. The monoisotopic (exact) mass is 274 g/mol. The van der Waals surface area contributed by atoms with E-state index in [0.717, 1.165) is 19.5 Å². The van der Waals surface area contributed by atoms with Crippen molar-refractivity contribution in [3.05, 3.63) is 35.9 Å². The van der Waals surface area contributed by atoms with Crippen LogP contribution in [0, 0.1) is 5.92 Å². The summed E-state index contributed by atoms with van der Waals surface area (Å²) in [6.07, 6.45) is 1.66. The molecule has 0 bridgehead atoms. The maximum Gasteiger partial charge on any atom is 0.222 e. The van der Waals surface area contributed by atoms with Gasteiger partial charge in [0.1, 0.15) is 0 Å². The molecule has 0 aliphatic carbocycles. The van der Waals surface area contributed by atoms with Crippen molar-refractivity contribution >= 4 is 5.91 Å². The highest BCUT2D eigenvalue weighted by Gasteiger charge is 2.28. The summed E-state index contributed by atoms with van der Waals surface area (Å²) in [4.78, 5) is 13.8. The summed E-state index contributed by atoms with van der Waals surface area (Å²) in [5, 5.41) is 3.72. The van der Waals surface area contributed by atoms with E-state index >= 15 is 0 Å². The molecule has 0 aromatic heterocycles. The number of carbonyl (C=O) groups excluding carboxylic acids is 1. The van der Waals surface area contributed by atoms with Gasteiger partial charge in [0.15, 0.2) is 0 Å². The molecule has 0 radical (unpaired) electrons. The van der Waals surface area contributed by atoms with Gasteiger partial charge in [-0.2, -0.15) is 0 Å². The number of carbonyl (C=O) groups is 1. The lowest BCUT2D eigenvalue weighted by molar-refractivity contribution is -0.132. The zero-order chi connectivity index (χ0) is 14.5. The number of benzene rings is 1. The van der Waals surface area contributed by atoms with E-state index < -0.39 is 0 Å². The van der Waals surface area contributed by atoms with Crippen LogP contribution in [0.1, 0.15) is 45.2 Å². The van der Waals surface area contributed by atoms with Crippen LogP contribution in [0.15, 0.2) is 30.3 Å². The number of nitrogens with one attached hydrogen (secondary N) is 1. The van der Waals surface area contributed by atoms with Gasteiger partial charge in [-0.3, -0.25) is 4.79 Å². The van der Waals surface area contributed by atoms with E-state index in [9.17, 15) is 4.79 Å². The molecule has 3 heteroatoms. The van der Waals surface area contributed by atoms with E-state index in [1.54, 1.807) is 0 Å². The van der Waals surface area contributed by atoms with Gasteiger partial charge in [-0.1, -0.05) is 44.2 Å². The van der Waals surface area contributed by atoms with Crippen LogP contribution in [-0.4, -0.2) is 29.9 Å². The van der Waals surface area contributed by atoms with E-state index in [-0.39, 0.29) is 5.91 Å². The molecule has 0 saturated carbocycles. The van der Waals surface area contributed by atoms with Crippen molar-refractivity contribution < 1.29 is 4.79 Å². The summed E-state index contributed by atoms with van der Waals surface area (Å²) in [5.41, 5.74) is 1.33. The van der Waals surface area contributed by atoms with Crippen LogP contribution in [-0.2, 0) is 4.79 Å². The minimum Gasteiger partial charge on any atom is -0.342 e. The van der Waals surface area contributed by atoms with Crippen LogP contribution < -0.4 is 5.32 Å². The van der Waals surface area contributed by atoms with Crippen molar-refractivity contribution in [1.82, 2.24) is 10.2 Å². The van der Waals surface area contributed by atoms with Crippen molar-refractivity contribution in [2.24, 2.45) is 5.92 Å². The fraction of sp³-hybridized carbons (Fsp3) is 0.588. The summed E-state index contributed by atoms with van der Waals surface area (Å²) in [5.74, 6) is 0.789.